The van der Waals surface area contributed by atoms with Crippen LogP contribution in [0.4, 0.5) is 10.7 Å². The van der Waals surface area contributed by atoms with Gasteiger partial charge in [0.15, 0.2) is 0 Å². The first-order valence-corrected chi connectivity index (χ1v) is 14.4. The number of carbonyl (C=O) groups is 3. The highest BCUT2D eigenvalue weighted by atomic mass is 32.2. The Morgan fingerprint density at radius 1 is 1.09 bits per heavy atom. The van der Waals surface area contributed by atoms with Crippen LogP contribution in [0, 0.1) is 5.92 Å². The standard InChI is InChI=1S/C27H34N2O4S2/c1-3-21(34-19-11-9-10-18(16-19)28-24(30)17-14-15-17)25(31)29-26-23(27(32)33-4-2)20-12-7-5-6-8-13-22(20)35-26/h9-11,16-17,21H,3-8,12-15H2,1-2H3,(H,28,30)(H,29,31). The van der Waals surface area contributed by atoms with Crippen LogP contribution in [-0.4, -0.2) is 29.6 Å². The molecule has 2 N–H and O–H groups in total. The molecule has 8 heteroatoms. The van der Waals surface area contributed by atoms with Gasteiger partial charge in [-0.05, 0) is 75.6 Å². The van der Waals surface area contributed by atoms with Crippen LogP contribution in [0.5, 0.6) is 0 Å². The summed E-state index contributed by atoms with van der Waals surface area (Å²) < 4.78 is 5.37. The molecule has 1 aromatic heterocycles. The van der Waals surface area contributed by atoms with E-state index in [0.29, 0.717) is 23.6 Å². The van der Waals surface area contributed by atoms with Crippen molar-refractivity contribution in [2.24, 2.45) is 5.92 Å². The van der Waals surface area contributed by atoms with Crippen LogP contribution in [0.1, 0.15) is 79.6 Å². The molecule has 4 rings (SSSR count). The van der Waals surface area contributed by atoms with Crippen LogP contribution in [-0.2, 0) is 27.2 Å². The maximum atomic E-state index is 13.3. The Bertz CT molecular complexity index is 1080. The highest BCUT2D eigenvalue weighted by Gasteiger charge is 2.30. The largest absolute Gasteiger partial charge is 0.462 e. The molecule has 1 unspecified atom stereocenters. The highest BCUT2D eigenvalue weighted by Crippen LogP contribution is 2.38. The fraction of sp³-hybridized carbons (Fsp3) is 0.519. The van der Waals surface area contributed by atoms with Crippen molar-refractivity contribution in [3.63, 3.8) is 0 Å². The molecule has 2 aliphatic carbocycles. The lowest BCUT2D eigenvalue weighted by Gasteiger charge is -2.16. The number of nitrogens with one attached hydrogen (secondary N) is 2. The molecule has 0 saturated heterocycles. The third-order valence-corrected chi connectivity index (χ3v) is 8.94. The number of fused-ring (bicyclic) bond motifs is 1. The van der Waals surface area contributed by atoms with Gasteiger partial charge in [0.25, 0.3) is 0 Å². The fourth-order valence-corrected chi connectivity index (χ4v) is 6.64. The van der Waals surface area contributed by atoms with Gasteiger partial charge in [-0.1, -0.05) is 25.8 Å². The quantitative estimate of drug-likeness (QED) is 0.297. The Kier molecular flexibility index (Phi) is 8.89. The summed E-state index contributed by atoms with van der Waals surface area (Å²) in [4.78, 5) is 40.5. The van der Waals surface area contributed by atoms with Crippen LogP contribution < -0.4 is 10.6 Å². The molecule has 35 heavy (non-hydrogen) atoms. The monoisotopic (exact) mass is 514 g/mol. The Labute approximate surface area is 215 Å². The minimum absolute atomic E-state index is 0.0664. The van der Waals surface area contributed by atoms with E-state index in [2.05, 4.69) is 10.6 Å². The molecule has 1 atom stereocenters. The Morgan fingerprint density at radius 3 is 2.57 bits per heavy atom. The molecule has 1 saturated carbocycles. The lowest BCUT2D eigenvalue weighted by molar-refractivity contribution is -0.117. The Hall–Kier alpha value is -2.32. The summed E-state index contributed by atoms with van der Waals surface area (Å²) >= 11 is 3.00. The number of ether oxygens (including phenoxy) is 1. The van der Waals surface area contributed by atoms with Crippen molar-refractivity contribution < 1.29 is 19.1 Å². The molecular weight excluding hydrogens is 480 g/mol. The van der Waals surface area contributed by atoms with Crippen molar-refractivity contribution >= 4 is 51.6 Å². The second-order valence-corrected chi connectivity index (χ2v) is 11.5. The van der Waals surface area contributed by atoms with E-state index in [1.54, 1.807) is 6.92 Å². The van der Waals surface area contributed by atoms with E-state index < -0.39 is 0 Å². The second-order valence-electron chi connectivity index (χ2n) is 9.14. The number of hydrogen-bond acceptors (Lipinski definition) is 6. The van der Waals surface area contributed by atoms with Crippen LogP contribution in [0.15, 0.2) is 29.2 Å². The number of carbonyl (C=O) groups excluding carboxylic acids is 3. The van der Waals surface area contributed by atoms with Gasteiger partial charge < -0.3 is 15.4 Å². The van der Waals surface area contributed by atoms with Gasteiger partial charge in [-0.2, -0.15) is 0 Å². The summed E-state index contributed by atoms with van der Waals surface area (Å²) in [7, 11) is 0. The van der Waals surface area contributed by atoms with E-state index in [1.807, 2.05) is 31.2 Å². The van der Waals surface area contributed by atoms with Gasteiger partial charge in [-0.3, -0.25) is 9.59 Å². The van der Waals surface area contributed by atoms with Gasteiger partial charge in [-0.15, -0.1) is 23.1 Å². The summed E-state index contributed by atoms with van der Waals surface area (Å²) in [6.07, 6.45) is 8.84. The first kappa shape index (κ1) is 25.8. The molecule has 1 fully saturated rings. The molecule has 2 amide bonds. The molecular formula is C27H34N2O4S2. The SMILES string of the molecule is CCOC(=O)c1c(NC(=O)C(CC)Sc2cccc(NC(=O)C3CC3)c2)sc2c1CCCCCC2. The molecule has 0 radical (unpaired) electrons. The summed E-state index contributed by atoms with van der Waals surface area (Å²) in [5.74, 6) is -0.263. The molecule has 1 heterocycles. The molecule has 0 bridgehead atoms. The van der Waals surface area contributed by atoms with Crippen molar-refractivity contribution in [1.29, 1.82) is 0 Å². The summed E-state index contributed by atoms with van der Waals surface area (Å²) in [6, 6.07) is 7.64. The van der Waals surface area contributed by atoms with Crippen molar-refractivity contribution in [1.82, 2.24) is 0 Å². The summed E-state index contributed by atoms with van der Waals surface area (Å²) in [5, 5.41) is 6.34. The van der Waals surface area contributed by atoms with Crippen LogP contribution >= 0.6 is 23.1 Å². The number of thioether (sulfide) groups is 1. The lowest BCUT2D eigenvalue weighted by atomic mass is 9.96. The molecule has 1 aromatic carbocycles. The van der Waals surface area contributed by atoms with Crippen LogP contribution in [0.2, 0.25) is 0 Å². The second kappa shape index (κ2) is 12.1. The maximum Gasteiger partial charge on any atom is 0.341 e. The van der Waals surface area contributed by atoms with Crippen molar-refractivity contribution in [2.45, 2.75) is 81.8 Å². The van der Waals surface area contributed by atoms with Crippen LogP contribution in [0.25, 0.3) is 0 Å². The van der Waals surface area contributed by atoms with E-state index in [1.165, 1.54) is 34.4 Å². The van der Waals surface area contributed by atoms with Gasteiger partial charge in [0, 0.05) is 21.4 Å². The maximum absolute atomic E-state index is 13.3. The van der Waals surface area contributed by atoms with Crippen LogP contribution in [0.3, 0.4) is 0 Å². The predicted molar refractivity (Wildman–Crippen MR) is 143 cm³/mol. The van der Waals surface area contributed by atoms with E-state index in [9.17, 15) is 14.4 Å². The normalized spacial score (nSPS) is 16.4. The number of esters is 1. The highest BCUT2D eigenvalue weighted by molar-refractivity contribution is 8.00. The van der Waals surface area contributed by atoms with E-state index in [-0.39, 0.29) is 29.0 Å². The number of rotatable bonds is 9. The number of anilines is 2. The molecule has 188 valence electrons. The first-order valence-electron chi connectivity index (χ1n) is 12.7. The first-order chi connectivity index (χ1) is 17.0. The fourth-order valence-electron chi connectivity index (χ4n) is 4.34. The molecule has 0 spiro atoms. The third-order valence-electron chi connectivity index (χ3n) is 6.38. The number of aryl methyl sites for hydroxylation is 1. The van der Waals surface area contributed by atoms with Gasteiger partial charge in [0.1, 0.15) is 5.00 Å². The molecule has 2 aliphatic rings. The zero-order chi connectivity index (χ0) is 24.8. The van der Waals surface area contributed by atoms with Gasteiger partial charge >= 0.3 is 5.97 Å². The summed E-state index contributed by atoms with van der Waals surface area (Å²) in [5.41, 5.74) is 2.36. The number of thiophene rings is 1. The number of amides is 2. The average Bonchev–Trinajstić information content (AvgIpc) is 3.62. The minimum Gasteiger partial charge on any atom is -0.462 e. The minimum atomic E-state index is -0.347. The van der Waals surface area contributed by atoms with Gasteiger partial charge in [-0.25, -0.2) is 4.79 Å². The zero-order valence-electron chi connectivity index (χ0n) is 20.5. The topological polar surface area (TPSA) is 84.5 Å². The predicted octanol–water partition coefficient (Wildman–Crippen LogP) is 6.44. The zero-order valence-corrected chi connectivity index (χ0v) is 22.1. The Balaban J connectivity index is 1.50. The van der Waals surface area contributed by atoms with Crippen molar-refractivity contribution in [2.75, 3.05) is 17.2 Å². The van der Waals surface area contributed by atoms with E-state index in [4.69, 9.17) is 4.74 Å². The number of benzene rings is 1. The van der Waals surface area contributed by atoms with Crippen molar-refractivity contribution in [3.05, 3.63) is 40.3 Å². The molecule has 2 aromatic rings. The van der Waals surface area contributed by atoms with E-state index in [0.717, 1.165) is 61.1 Å². The molecule has 6 nitrogen and oxygen atoms in total. The summed E-state index contributed by atoms with van der Waals surface area (Å²) in [6.45, 7) is 4.09. The van der Waals surface area contributed by atoms with Gasteiger partial charge in [0.2, 0.25) is 11.8 Å². The smallest absolute Gasteiger partial charge is 0.341 e. The number of hydrogen-bond donors (Lipinski definition) is 2. The molecule has 0 aliphatic heterocycles. The lowest BCUT2D eigenvalue weighted by Crippen LogP contribution is -2.25. The van der Waals surface area contributed by atoms with E-state index >= 15 is 0 Å². The average molecular weight is 515 g/mol. The van der Waals surface area contributed by atoms with Crippen molar-refractivity contribution in [3.8, 4) is 0 Å². The third kappa shape index (κ3) is 6.67. The Morgan fingerprint density at radius 2 is 1.86 bits per heavy atom. The van der Waals surface area contributed by atoms with Gasteiger partial charge in [0.05, 0.1) is 17.4 Å².